The van der Waals surface area contributed by atoms with E-state index < -0.39 is 0 Å². The lowest BCUT2D eigenvalue weighted by atomic mass is 10.2. The number of hydrogen-bond donors (Lipinski definition) is 1. The molecular weight excluding hydrogens is 402 g/mol. The van der Waals surface area contributed by atoms with Crippen LogP contribution in [0, 0.1) is 0 Å². The second-order valence-electron chi connectivity index (χ2n) is 7.42. The van der Waals surface area contributed by atoms with Gasteiger partial charge in [-0.3, -0.25) is 0 Å². The van der Waals surface area contributed by atoms with Crippen molar-refractivity contribution < 1.29 is 4.74 Å². The fourth-order valence-electron chi connectivity index (χ4n) is 3.83. The zero-order chi connectivity index (χ0) is 20.7. The van der Waals surface area contributed by atoms with Gasteiger partial charge in [0.05, 0.1) is 19.0 Å². The molecule has 1 atom stereocenters. The number of halogens is 1. The molecule has 8 nitrogen and oxygen atoms in total. The molecular formula is C21H22ClN7O. The van der Waals surface area contributed by atoms with Crippen LogP contribution in [0.3, 0.4) is 0 Å². The van der Waals surface area contributed by atoms with Gasteiger partial charge in [-0.2, -0.15) is 4.98 Å². The maximum Gasteiger partial charge on any atom is 0.245 e. The molecule has 1 N–H and O–H groups in total. The molecule has 0 aliphatic carbocycles. The highest BCUT2D eigenvalue weighted by molar-refractivity contribution is 6.30. The SMILES string of the molecule is COc1cc(Cl)cc(-n2cnc(Nc3nc(N4CCC[C@H]4C)nn4cccc34)c2)c1. The maximum absolute atomic E-state index is 6.21. The highest BCUT2D eigenvalue weighted by atomic mass is 35.5. The van der Waals surface area contributed by atoms with Crippen LogP contribution in [0.2, 0.25) is 5.02 Å². The Morgan fingerprint density at radius 2 is 2.17 bits per heavy atom. The summed E-state index contributed by atoms with van der Waals surface area (Å²) in [6.45, 7) is 3.18. The number of rotatable bonds is 5. The highest BCUT2D eigenvalue weighted by Gasteiger charge is 2.24. The summed E-state index contributed by atoms with van der Waals surface area (Å²) in [7, 11) is 1.62. The predicted molar refractivity (Wildman–Crippen MR) is 117 cm³/mol. The van der Waals surface area contributed by atoms with Gasteiger partial charge < -0.3 is 19.5 Å². The van der Waals surface area contributed by atoms with E-state index in [-0.39, 0.29) is 0 Å². The lowest BCUT2D eigenvalue weighted by Crippen LogP contribution is -2.29. The number of anilines is 3. The van der Waals surface area contributed by atoms with E-state index in [1.54, 1.807) is 19.5 Å². The van der Waals surface area contributed by atoms with Gasteiger partial charge >= 0.3 is 0 Å². The molecule has 0 saturated carbocycles. The van der Waals surface area contributed by atoms with Gasteiger partial charge in [0.25, 0.3) is 0 Å². The first kappa shape index (κ1) is 18.7. The van der Waals surface area contributed by atoms with Crippen molar-refractivity contribution in [3.05, 3.63) is 54.1 Å². The van der Waals surface area contributed by atoms with Crippen LogP contribution in [0.5, 0.6) is 5.75 Å². The van der Waals surface area contributed by atoms with E-state index in [1.165, 1.54) is 0 Å². The fraction of sp³-hybridized carbons (Fsp3) is 0.286. The Bertz CT molecular complexity index is 1200. The largest absolute Gasteiger partial charge is 0.497 e. The lowest BCUT2D eigenvalue weighted by molar-refractivity contribution is 0.414. The molecule has 4 aromatic rings. The number of aromatic nitrogens is 5. The minimum atomic E-state index is 0.433. The number of fused-ring (bicyclic) bond motifs is 1. The van der Waals surface area contributed by atoms with Crippen molar-refractivity contribution in [3.63, 3.8) is 0 Å². The monoisotopic (exact) mass is 423 g/mol. The van der Waals surface area contributed by atoms with Crippen LogP contribution in [-0.4, -0.2) is 43.8 Å². The van der Waals surface area contributed by atoms with E-state index in [9.17, 15) is 0 Å². The summed E-state index contributed by atoms with van der Waals surface area (Å²) in [5.41, 5.74) is 1.76. The number of benzene rings is 1. The van der Waals surface area contributed by atoms with Gasteiger partial charge in [-0.1, -0.05) is 11.6 Å². The lowest BCUT2D eigenvalue weighted by Gasteiger charge is -2.22. The Labute approximate surface area is 179 Å². The van der Waals surface area contributed by atoms with Crippen molar-refractivity contribution in [1.29, 1.82) is 0 Å². The fourth-order valence-corrected chi connectivity index (χ4v) is 4.05. The highest BCUT2D eigenvalue weighted by Crippen LogP contribution is 2.27. The Balaban J connectivity index is 1.48. The number of methoxy groups -OCH3 is 1. The minimum absolute atomic E-state index is 0.433. The second-order valence-corrected chi connectivity index (χ2v) is 7.86. The molecule has 30 heavy (non-hydrogen) atoms. The number of imidazole rings is 1. The standard InChI is InChI=1S/C21H22ClN7O/c1-14-5-3-7-28(14)21-25-20(18-6-4-8-29(18)26-21)24-19-12-27(13-23-19)16-9-15(22)10-17(11-16)30-2/h4,6,8-14H,3,5,7H2,1-2H3,(H,24,25,26)/t14-/m1/s1. The van der Waals surface area contributed by atoms with Gasteiger partial charge in [0.2, 0.25) is 5.95 Å². The Morgan fingerprint density at radius 1 is 1.27 bits per heavy atom. The molecule has 0 radical (unpaired) electrons. The molecule has 1 aromatic carbocycles. The van der Waals surface area contributed by atoms with Gasteiger partial charge in [0, 0.05) is 29.9 Å². The first-order valence-electron chi connectivity index (χ1n) is 9.89. The Hall–Kier alpha value is -3.26. The topological polar surface area (TPSA) is 72.5 Å². The van der Waals surface area contributed by atoms with E-state index in [2.05, 4.69) is 27.2 Å². The van der Waals surface area contributed by atoms with Gasteiger partial charge in [-0.15, -0.1) is 5.10 Å². The number of nitrogens with one attached hydrogen (secondary N) is 1. The van der Waals surface area contributed by atoms with Crippen LogP contribution in [0.1, 0.15) is 19.8 Å². The Morgan fingerprint density at radius 3 is 2.97 bits per heavy atom. The van der Waals surface area contributed by atoms with Crippen LogP contribution < -0.4 is 15.0 Å². The second kappa shape index (κ2) is 7.53. The third-order valence-electron chi connectivity index (χ3n) is 5.41. The summed E-state index contributed by atoms with van der Waals surface area (Å²) >= 11 is 6.21. The molecule has 5 rings (SSSR count). The first-order chi connectivity index (χ1) is 14.6. The van der Waals surface area contributed by atoms with Crippen LogP contribution in [0.4, 0.5) is 17.6 Å². The van der Waals surface area contributed by atoms with Crippen LogP contribution >= 0.6 is 11.6 Å². The van der Waals surface area contributed by atoms with Crippen molar-refractivity contribution in [2.75, 3.05) is 23.9 Å². The molecule has 9 heteroatoms. The molecule has 1 saturated heterocycles. The summed E-state index contributed by atoms with van der Waals surface area (Å²) in [5, 5.41) is 8.64. The minimum Gasteiger partial charge on any atom is -0.497 e. The normalized spacial score (nSPS) is 16.4. The van der Waals surface area contributed by atoms with Crippen molar-refractivity contribution in [2.24, 2.45) is 0 Å². The molecule has 154 valence electrons. The molecule has 1 aliphatic heterocycles. The summed E-state index contributed by atoms with van der Waals surface area (Å²) in [6.07, 6.45) is 7.87. The maximum atomic E-state index is 6.21. The summed E-state index contributed by atoms with van der Waals surface area (Å²) in [5.74, 6) is 2.81. The molecule has 0 spiro atoms. The average Bonchev–Trinajstić information content (AvgIpc) is 3.48. The van der Waals surface area contributed by atoms with E-state index in [1.807, 2.05) is 45.7 Å². The summed E-state index contributed by atoms with van der Waals surface area (Å²) in [6, 6.07) is 9.91. The van der Waals surface area contributed by atoms with Gasteiger partial charge in [-0.25, -0.2) is 9.50 Å². The summed E-state index contributed by atoms with van der Waals surface area (Å²) < 4.78 is 9.05. The Kier molecular flexibility index (Phi) is 4.71. The van der Waals surface area contributed by atoms with Gasteiger partial charge in [0.1, 0.15) is 23.4 Å². The van der Waals surface area contributed by atoms with Crippen LogP contribution in [0.15, 0.2) is 49.1 Å². The van der Waals surface area contributed by atoms with E-state index in [0.29, 0.717) is 22.6 Å². The molecule has 0 bridgehead atoms. The van der Waals surface area contributed by atoms with E-state index in [4.69, 9.17) is 21.3 Å². The molecule has 1 aliphatic rings. The third-order valence-corrected chi connectivity index (χ3v) is 5.63. The number of hydrogen-bond acceptors (Lipinski definition) is 6. The van der Waals surface area contributed by atoms with Crippen molar-refractivity contribution in [2.45, 2.75) is 25.8 Å². The molecule has 0 amide bonds. The zero-order valence-electron chi connectivity index (χ0n) is 16.8. The van der Waals surface area contributed by atoms with Crippen molar-refractivity contribution in [1.82, 2.24) is 24.1 Å². The molecule has 3 aromatic heterocycles. The molecule has 4 heterocycles. The first-order valence-corrected chi connectivity index (χ1v) is 10.3. The van der Waals surface area contributed by atoms with Gasteiger partial charge in [-0.05, 0) is 44.0 Å². The smallest absolute Gasteiger partial charge is 0.245 e. The van der Waals surface area contributed by atoms with E-state index in [0.717, 1.165) is 42.4 Å². The van der Waals surface area contributed by atoms with Crippen molar-refractivity contribution in [3.8, 4) is 11.4 Å². The number of nitrogens with zero attached hydrogens (tertiary/aromatic N) is 6. The predicted octanol–water partition coefficient (Wildman–Crippen LogP) is 4.31. The quantitative estimate of drug-likeness (QED) is 0.515. The zero-order valence-corrected chi connectivity index (χ0v) is 17.5. The van der Waals surface area contributed by atoms with E-state index >= 15 is 0 Å². The van der Waals surface area contributed by atoms with Crippen LogP contribution in [-0.2, 0) is 0 Å². The molecule has 1 fully saturated rings. The van der Waals surface area contributed by atoms with Crippen molar-refractivity contribution >= 4 is 34.7 Å². The number of ether oxygens (including phenoxy) is 1. The summed E-state index contributed by atoms with van der Waals surface area (Å²) in [4.78, 5) is 11.6. The van der Waals surface area contributed by atoms with Gasteiger partial charge in [0.15, 0.2) is 5.82 Å². The van der Waals surface area contributed by atoms with Crippen LogP contribution in [0.25, 0.3) is 11.2 Å². The molecule has 0 unspecified atom stereocenters. The average molecular weight is 424 g/mol. The third kappa shape index (κ3) is 3.43.